The van der Waals surface area contributed by atoms with Crippen molar-refractivity contribution in [3.05, 3.63) is 46.0 Å². The molecule has 2 rings (SSSR count). The lowest BCUT2D eigenvalue weighted by Gasteiger charge is -2.16. The number of amides is 2. The van der Waals surface area contributed by atoms with E-state index in [1.807, 2.05) is 26.0 Å². The Balaban J connectivity index is 2.17. The summed E-state index contributed by atoms with van der Waals surface area (Å²) < 4.78 is 0.838. The van der Waals surface area contributed by atoms with Crippen molar-refractivity contribution in [3.63, 3.8) is 0 Å². The average molecular weight is 379 g/mol. The average Bonchev–Trinajstić information content (AvgIpc) is 2.95. The third-order valence-corrected chi connectivity index (χ3v) is 4.95. The maximum atomic E-state index is 12.6. The maximum Gasteiger partial charge on any atom is 0.244 e. The Bertz CT molecular complexity index is 663. The second-order valence-electron chi connectivity index (χ2n) is 6.97. The third kappa shape index (κ3) is 3.83. The van der Waals surface area contributed by atoms with Gasteiger partial charge in [-0.25, -0.2) is 0 Å². The molecule has 1 aliphatic rings. The van der Waals surface area contributed by atoms with Crippen LogP contribution in [0, 0.1) is 17.3 Å². The lowest BCUT2D eigenvalue weighted by Crippen LogP contribution is -2.39. The van der Waals surface area contributed by atoms with Crippen LogP contribution in [0.2, 0.25) is 0 Å². The van der Waals surface area contributed by atoms with Crippen LogP contribution < -0.4 is 11.1 Å². The molecule has 1 aromatic carbocycles. The number of halogens is 1. The number of hydrogen-bond donors (Lipinski definition) is 2. The molecule has 3 N–H and O–H groups in total. The van der Waals surface area contributed by atoms with E-state index in [9.17, 15) is 9.59 Å². The zero-order valence-electron chi connectivity index (χ0n) is 13.9. The highest BCUT2D eigenvalue weighted by Gasteiger charge is 2.60. The van der Waals surface area contributed by atoms with Gasteiger partial charge in [0, 0.05) is 4.47 Å². The van der Waals surface area contributed by atoms with Gasteiger partial charge >= 0.3 is 0 Å². The molecule has 0 unspecified atom stereocenters. The van der Waals surface area contributed by atoms with Gasteiger partial charge in [0.15, 0.2) is 0 Å². The second kappa shape index (κ2) is 6.48. The first-order valence-electron chi connectivity index (χ1n) is 7.64. The van der Waals surface area contributed by atoms with Crippen molar-refractivity contribution in [2.75, 3.05) is 0 Å². The van der Waals surface area contributed by atoms with Crippen molar-refractivity contribution in [3.8, 4) is 0 Å². The van der Waals surface area contributed by atoms with Gasteiger partial charge in [-0.2, -0.15) is 0 Å². The Hall–Kier alpha value is -1.62. The van der Waals surface area contributed by atoms with Gasteiger partial charge in [-0.3, -0.25) is 9.59 Å². The van der Waals surface area contributed by atoms with Crippen LogP contribution in [-0.2, 0) is 9.59 Å². The lowest BCUT2D eigenvalue weighted by atomic mass is 10.0. The molecular weight excluding hydrogens is 356 g/mol. The first kappa shape index (κ1) is 17.7. The highest BCUT2D eigenvalue weighted by molar-refractivity contribution is 9.10. The summed E-state index contributed by atoms with van der Waals surface area (Å²) in [4.78, 5) is 24.4. The molecule has 0 aliphatic heterocycles. The summed E-state index contributed by atoms with van der Waals surface area (Å²) in [6, 6.07) is 6.43. The molecule has 1 fully saturated rings. The normalized spacial score (nSPS) is 22.8. The van der Waals surface area contributed by atoms with Crippen molar-refractivity contribution >= 4 is 27.7 Å². The number of allylic oxidation sites excluding steroid dienone is 2. The first-order chi connectivity index (χ1) is 10.6. The van der Waals surface area contributed by atoms with E-state index in [1.165, 1.54) is 5.57 Å². The molecule has 3 atom stereocenters. The molecule has 0 spiro atoms. The zero-order chi connectivity index (χ0) is 17.4. The predicted molar refractivity (Wildman–Crippen MR) is 94.4 cm³/mol. The second-order valence-corrected chi connectivity index (χ2v) is 7.88. The molecule has 2 amide bonds. The Morgan fingerprint density at radius 1 is 1.35 bits per heavy atom. The number of primary amides is 1. The summed E-state index contributed by atoms with van der Waals surface area (Å²) in [6.45, 7) is 8.19. The highest BCUT2D eigenvalue weighted by atomic mass is 79.9. The summed E-state index contributed by atoms with van der Waals surface area (Å²) >= 11 is 3.37. The van der Waals surface area contributed by atoms with Crippen LogP contribution in [0.3, 0.4) is 0 Å². The van der Waals surface area contributed by atoms with Crippen molar-refractivity contribution in [2.45, 2.75) is 33.7 Å². The van der Waals surface area contributed by atoms with Gasteiger partial charge in [0.2, 0.25) is 11.8 Å². The topological polar surface area (TPSA) is 72.2 Å². The van der Waals surface area contributed by atoms with Crippen molar-refractivity contribution in [2.24, 2.45) is 23.0 Å². The van der Waals surface area contributed by atoms with Gasteiger partial charge < -0.3 is 11.1 Å². The van der Waals surface area contributed by atoms with Crippen LogP contribution in [0.1, 0.15) is 39.3 Å². The molecule has 0 saturated heterocycles. The largest absolute Gasteiger partial charge is 0.368 e. The van der Waals surface area contributed by atoms with Crippen LogP contribution in [-0.4, -0.2) is 11.8 Å². The molecule has 1 aliphatic carbocycles. The Labute approximate surface area is 145 Å². The molecule has 1 saturated carbocycles. The fourth-order valence-electron chi connectivity index (χ4n) is 3.09. The fourth-order valence-corrected chi connectivity index (χ4v) is 3.50. The van der Waals surface area contributed by atoms with Crippen LogP contribution in [0.15, 0.2) is 40.4 Å². The van der Waals surface area contributed by atoms with Crippen molar-refractivity contribution in [1.82, 2.24) is 5.32 Å². The summed E-state index contributed by atoms with van der Waals surface area (Å²) in [5.41, 5.74) is 7.26. The summed E-state index contributed by atoms with van der Waals surface area (Å²) in [5, 5.41) is 2.82. The molecule has 124 valence electrons. The molecule has 23 heavy (non-hydrogen) atoms. The smallest absolute Gasteiger partial charge is 0.244 e. The minimum absolute atomic E-state index is 0.0964. The van der Waals surface area contributed by atoms with E-state index in [0.29, 0.717) is 5.56 Å². The molecule has 5 heteroatoms. The zero-order valence-corrected chi connectivity index (χ0v) is 15.5. The third-order valence-electron chi connectivity index (χ3n) is 4.46. The van der Waals surface area contributed by atoms with Gasteiger partial charge in [-0.1, -0.05) is 53.6 Å². The van der Waals surface area contributed by atoms with Crippen LogP contribution in [0.5, 0.6) is 0 Å². The standard InChI is InChI=1S/C18H23BrN2O2/c1-10(2)8-13-14(18(13,3)4)17(23)21-15(16(20)22)11-6-5-7-12(19)9-11/h5-9,13-15H,1-4H3,(H2,20,22)(H,21,23)/t13-,14-,15-/m1/s1. The Morgan fingerprint density at radius 2 is 2.00 bits per heavy atom. The van der Waals surface area contributed by atoms with Gasteiger partial charge in [0.05, 0.1) is 5.92 Å². The molecule has 1 aromatic rings. The maximum absolute atomic E-state index is 12.6. The molecule has 4 nitrogen and oxygen atoms in total. The monoisotopic (exact) mass is 378 g/mol. The van der Waals surface area contributed by atoms with Gasteiger partial charge in [-0.15, -0.1) is 0 Å². The molecule has 0 bridgehead atoms. The van der Waals surface area contributed by atoms with E-state index in [0.717, 1.165) is 4.47 Å². The predicted octanol–water partition coefficient (Wildman–Crippen LogP) is 3.33. The summed E-state index contributed by atoms with van der Waals surface area (Å²) in [5.74, 6) is -0.620. The van der Waals surface area contributed by atoms with Gasteiger partial charge in [0.25, 0.3) is 0 Å². The van der Waals surface area contributed by atoms with E-state index in [1.54, 1.807) is 12.1 Å². The van der Waals surface area contributed by atoms with Crippen LogP contribution >= 0.6 is 15.9 Å². The van der Waals surface area contributed by atoms with E-state index >= 15 is 0 Å². The van der Waals surface area contributed by atoms with Crippen molar-refractivity contribution in [1.29, 1.82) is 0 Å². The Kier molecular flexibility index (Phi) is 4.99. The highest BCUT2D eigenvalue weighted by Crippen LogP contribution is 2.59. The number of benzene rings is 1. The minimum Gasteiger partial charge on any atom is -0.368 e. The van der Waals surface area contributed by atoms with E-state index < -0.39 is 11.9 Å². The van der Waals surface area contributed by atoms with E-state index in [-0.39, 0.29) is 23.2 Å². The first-order valence-corrected chi connectivity index (χ1v) is 8.44. The number of nitrogens with two attached hydrogens (primary N) is 1. The van der Waals surface area contributed by atoms with E-state index in [2.05, 4.69) is 41.2 Å². The quantitative estimate of drug-likeness (QED) is 0.771. The number of rotatable bonds is 5. The molecule has 0 aromatic heterocycles. The van der Waals surface area contributed by atoms with Crippen LogP contribution in [0.25, 0.3) is 0 Å². The van der Waals surface area contributed by atoms with Gasteiger partial charge in [0.1, 0.15) is 6.04 Å². The minimum atomic E-state index is -0.816. The lowest BCUT2D eigenvalue weighted by molar-refractivity contribution is -0.128. The molecular formula is C18H23BrN2O2. The summed E-state index contributed by atoms with van der Waals surface area (Å²) in [6.07, 6.45) is 2.13. The molecule has 0 heterocycles. The number of hydrogen-bond acceptors (Lipinski definition) is 2. The van der Waals surface area contributed by atoms with Crippen molar-refractivity contribution < 1.29 is 9.59 Å². The molecule has 0 radical (unpaired) electrons. The number of carbonyl (C=O) groups is 2. The fraction of sp³-hybridized carbons (Fsp3) is 0.444. The number of carbonyl (C=O) groups excluding carboxylic acids is 2. The summed E-state index contributed by atoms with van der Waals surface area (Å²) in [7, 11) is 0. The SMILES string of the molecule is CC(C)=C[C@@H]1[C@H](C(=O)N[C@@H](C(N)=O)c2cccc(Br)c2)C1(C)C. The van der Waals surface area contributed by atoms with Gasteiger partial charge in [-0.05, 0) is 42.9 Å². The Morgan fingerprint density at radius 3 is 2.52 bits per heavy atom. The van der Waals surface area contributed by atoms with E-state index in [4.69, 9.17) is 5.73 Å². The number of nitrogens with one attached hydrogen (secondary N) is 1. The van der Waals surface area contributed by atoms with Crippen LogP contribution in [0.4, 0.5) is 0 Å².